The second kappa shape index (κ2) is 5.13. The lowest BCUT2D eigenvalue weighted by atomic mass is 10.4. The summed E-state index contributed by atoms with van der Waals surface area (Å²) in [5, 5.41) is 18.2. The van der Waals surface area contributed by atoms with Gasteiger partial charge in [-0.1, -0.05) is 11.3 Å². The second-order valence-electron chi connectivity index (χ2n) is 3.89. The van der Waals surface area contributed by atoms with Gasteiger partial charge in [0.05, 0.1) is 0 Å². The number of anilines is 2. The van der Waals surface area contributed by atoms with Crippen LogP contribution in [0.5, 0.6) is 0 Å². The van der Waals surface area contributed by atoms with Gasteiger partial charge < -0.3 is 10.6 Å². The van der Waals surface area contributed by atoms with Crippen molar-refractivity contribution in [1.29, 1.82) is 0 Å². The lowest BCUT2D eigenvalue weighted by Gasteiger charge is -2.03. The van der Waals surface area contributed by atoms with E-state index in [0.29, 0.717) is 16.0 Å². The minimum absolute atomic E-state index is 0.257. The summed E-state index contributed by atoms with van der Waals surface area (Å²) in [6.45, 7) is 4.03. The van der Waals surface area contributed by atoms with Gasteiger partial charge in [0.15, 0.2) is 5.82 Å². The van der Waals surface area contributed by atoms with E-state index in [0.717, 1.165) is 0 Å². The first-order chi connectivity index (χ1) is 8.60. The quantitative estimate of drug-likeness (QED) is 0.878. The Bertz CT molecular complexity index is 546. The molecule has 0 bridgehead atoms. The van der Waals surface area contributed by atoms with Gasteiger partial charge in [0.25, 0.3) is 5.91 Å². The molecule has 0 spiro atoms. The van der Waals surface area contributed by atoms with Gasteiger partial charge in [0, 0.05) is 25.4 Å². The van der Waals surface area contributed by atoms with Crippen LogP contribution in [0.2, 0.25) is 0 Å². The van der Waals surface area contributed by atoms with Gasteiger partial charge in [-0.3, -0.25) is 9.48 Å². The molecule has 0 aliphatic carbocycles. The van der Waals surface area contributed by atoms with E-state index in [1.165, 1.54) is 11.3 Å². The largest absolute Gasteiger partial charge is 0.363 e. The zero-order chi connectivity index (χ0) is 13.1. The Morgan fingerprint density at radius 1 is 1.44 bits per heavy atom. The summed E-state index contributed by atoms with van der Waals surface area (Å²) in [5.74, 6) is 0.206. The average molecular weight is 266 g/mol. The second-order valence-corrected chi connectivity index (χ2v) is 4.87. The maximum atomic E-state index is 11.8. The van der Waals surface area contributed by atoms with Crippen molar-refractivity contribution in [2.75, 3.05) is 17.7 Å². The highest BCUT2D eigenvalue weighted by Gasteiger charge is 2.13. The predicted octanol–water partition coefficient (Wildman–Crippen LogP) is 1.61. The number of hydrogen-bond acceptors (Lipinski definition) is 6. The highest BCUT2D eigenvalue weighted by atomic mass is 32.1. The molecular formula is C10H14N6OS. The monoisotopic (exact) mass is 266 g/mol. The molecule has 0 aromatic carbocycles. The topological polar surface area (TPSA) is 84.7 Å². The SMILES string of the molecule is CNc1nnc(C(=O)Nc2ccn(C(C)C)n2)s1. The Labute approximate surface area is 108 Å². The highest BCUT2D eigenvalue weighted by molar-refractivity contribution is 7.17. The van der Waals surface area contributed by atoms with E-state index in [1.807, 2.05) is 20.0 Å². The van der Waals surface area contributed by atoms with Gasteiger partial charge in [0.1, 0.15) is 0 Å². The summed E-state index contributed by atoms with van der Waals surface area (Å²) < 4.78 is 1.77. The zero-order valence-corrected chi connectivity index (χ0v) is 11.2. The molecule has 0 aliphatic rings. The van der Waals surface area contributed by atoms with E-state index in [1.54, 1.807) is 17.8 Å². The number of carbonyl (C=O) groups excluding carboxylic acids is 1. The van der Waals surface area contributed by atoms with Gasteiger partial charge in [-0.05, 0) is 13.8 Å². The van der Waals surface area contributed by atoms with Gasteiger partial charge in [-0.15, -0.1) is 10.2 Å². The fraction of sp³-hybridized carbons (Fsp3) is 0.400. The Morgan fingerprint density at radius 3 is 2.78 bits per heavy atom. The van der Waals surface area contributed by atoms with Crippen molar-refractivity contribution in [2.24, 2.45) is 0 Å². The molecule has 0 saturated heterocycles. The third-order valence-electron chi connectivity index (χ3n) is 2.21. The molecule has 2 heterocycles. The molecule has 2 rings (SSSR count). The van der Waals surface area contributed by atoms with E-state index < -0.39 is 0 Å². The van der Waals surface area contributed by atoms with Crippen molar-refractivity contribution in [3.05, 3.63) is 17.3 Å². The van der Waals surface area contributed by atoms with Crippen LogP contribution in [0.3, 0.4) is 0 Å². The van der Waals surface area contributed by atoms with Crippen LogP contribution in [0.4, 0.5) is 10.9 Å². The summed E-state index contributed by atoms with van der Waals surface area (Å²) in [6, 6.07) is 2.01. The van der Waals surface area contributed by atoms with Crippen LogP contribution in [0.25, 0.3) is 0 Å². The molecule has 0 saturated carbocycles. The normalized spacial score (nSPS) is 10.7. The summed E-state index contributed by atoms with van der Waals surface area (Å²) in [7, 11) is 1.73. The Morgan fingerprint density at radius 2 is 2.22 bits per heavy atom. The fourth-order valence-corrected chi connectivity index (χ4v) is 1.87. The number of aromatic nitrogens is 4. The van der Waals surface area contributed by atoms with Crippen molar-refractivity contribution in [2.45, 2.75) is 19.9 Å². The zero-order valence-electron chi connectivity index (χ0n) is 10.3. The Kier molecular flexibility index (Phi) is 3.56. The molecule has 2 aromatic heterocycles. The number of nitrogens with zero attached hydrogens (tertiary/aromatic N) is 4. The molecule has 2 aromatic rings. The third-order valence-corrected chi connectivity index (χ3v) is 3.15. The lowest BCUT2D eigenvalue weighted by molar-refractivity contribution is 0.102. The molecule has 0 atom stereocenters. The van der Waals surface area contributed by atoms with Crippen LogP contribution in [0, 0.1) is 0 Å². The molecule has 0 unspecified atom stereocenters. The highest BCUT2D eigenvalue weighted by Crippen LogP contribution is 2.16. The molecular weight excluding hydrogens is 252 g/mol. The van der Waals surface area contributed by atoms with Crippen LogP contribution in [-0.2, 0) is 0 Å². The molecule has 18 heavy (non-hydrogen) atoms. The van der Waals surface area contributed by atoms with E-state index in [-0.39, 0.29) is 11.9 Å². The molecule has 2 N–H and O–H groups in total. The van der Waals surface area contributed by atoms with E-state index in [2.05, 4.69) is 25.9 Å². The lowest BCUT2D eigenvalue weighted by Crippen LogP contribution is -2.12. The van der Waals surface area contributed by atoms with Gasteiger partial charge in [-0.2, -0.15) is 5.10 Å². The molecule has 7 nitrogen and oxygen atoms in total. The van der Waals surface area contributed by atoms with Gasteiger partial charge in [-0.25, -0.2) is 0 Å². The minimum Gasteiger partial charge on any atom is -0.363 e. The van der Waals surface area contributed by atoms with E-state index in [4.69, 9.17) is 0 Å². The first kappa shape index (κ1) is 12.5. The van der Waals surface area contributed by atoms with Crippen molar-refractivity contribution in [1.82, 2.24) is 20.0 Å². The third kappa shape index (κ3) is 2.65. The summed E-state index contributed by atoms with van der Waals surface area (Å²) >= 11 is 1.19. The van der Waals surface area contributed by atoms with Crippen LogP contribution in [0.1, 0.15) is 29.7 Å². The standard InChI is InChI=1S/C10H14N6OS/c1-6(2)16-5-4-7(15-16)12-8(17)9-13-14-10(11-3)18-9/h4-6H,1-3H3,(H,11,14)(H,12,15,17). The molecule has 0 fully saturated rings. The number of nitrogens with one attached hydrogen (secondary N) is 2. The molecule has 0 radical (unpaired) electrons. The maximum Gasteiger partial charge on any atom is 0.287 e. The van der Waals surface area contributed by atoms with Crippen LogP contribution in [-0.4, -0.2) is 32.9 Å². The number of amides is 1. The molecule has 96 valence electrons. The van der Waals surface area contributed by atoms with Gasteiger partial charge in [0.2, 0.25) is 10.1 Å². The summed E-state index contributed by atoms with van der Waals surface area (Å²) in [5.41, 5.74) is 0. The summed E-state index contributed by atoms with van der Waals surface area (Å²) in [4.78, 5) is 11.8. The maximum absolute atomic E-state index is 11.8. The smallest absolute Gasteiger partial charge is 0.287 e. The number of carbonyl (C=O) groups is 1. The fourth-order valence-electron chi connectivity index (χ4n) is 1.28. The molecule has 1 amide bonds. The number of hydrogen-bond donors (Lipinski definition) is 2. The van der Waals surface area contributed by atoms with Crippen molar-refractivity contribution in [3.63, 3.8) is 0 Å². The van der Waals surface area contributed by atoms with Gasteiger partial charge >= 0.3 is 0 Å². The predicted molar refractivity (Wildman–Crippen MR) is 70.0 cm³/mol. The first-order valence-electron chi connectivity index (χ1n) is 5.48. The van der Waals surface area contributed by atoms with Crippen molar-refractivity contribution in [3.8, 4) is 0 Å². The van der Waals surface area contributed by atoms with Crippen LogP contribution < -0.4 is 10.6 Å². The van der Waals surface area contributed by atoms with Crippen molar-refractivity contribution < 1.29 is 4.79 Å². The molecule has 8 heteroatoms. The van der Waals surface area contributed by atoms with E-state index in [9.17, 15) is 4.79 Å². The number of rotatable bonds is 4. The summed E-state index contributed by atoms with van der Waals surface area (Å²) in [6.07, 6.45) is 1.82. The Balaban J connectivity index is 2.06. The van der Waals surface area contributed by atoms with Crippen LogP contribution >= 0.6 is 11.3 Å². The minimum atomic E-state index is -0.303. The van der Waals surface area contributed by atoms with E-state index >= 15 is 0 Å². The first-order valence-corrected chi connectivity index (χ1v) is 6.29. The Hall–Kier alpha value is -1.96. The van der Waals surface area contributed by atoms with Crippen molar-refractivity contribution >= 4 is 28.2 Å². The molecule has 0 aliphatic heterocycles. The van der Waals surface area contributed by atoms with Crippen LogP contribution in [0.15, 0.2) is 12.3 Å². The average Bonchev–Trinajstić information content (AvgIpc) is 2.96.